The highest BCUT2D eigenvalue weighted by Crippen LogP contribution is 2.31. The number of nitrogens with two attached hydrogens (primary N) is 2. The highest BCUT2D eigenvalue weighted by molar-refractivity contribution is 7.16. The van der Waals surface area contributed by atoms with Crippen molar-refractivity contribution >= 4 is 79.6 Å². The van der Waals surface area contributed by atoms with Gasteiger partial charge in [0.15, 0.2) is 16.2 Å². The van der Waals surface area contributed by atoms with E-state index in [4.69, 9.17) is 11.5 Å². The fourth-order valence-electron chi connectivity index (χ4n) is 6.24. The maximum absolute atomic E-state index is 12.5. The van der Waals surface area contributed by atoms with E-state index in [2.05, 4.69) is 77.3 Å². The number of amides is 5. The zero-order valence-corrected chi connectivity index (χ0v) is 33.4. The minimum atomic E-state index is -0.320. The Labute approximate surface area is 330 Å². The van der Waals surface area contributed by atoms with E-state index in [1.165, 1.54) is 79.2 Å². The monoisotopic (exact) mass is 788 g/mol. The average molecular weight is 789 g/mol. The second kappa shape index (κ2) is 20.3. The molecule has 5 amide bonds. The molecule has 4 heterocycles. The molecule has 4 aromatic rings. The van der Waals surface area contributed by atoms with Crippen molar-refractivity contribution in [2.24, 2.45) is 16.5 Å². The van der Waals surface area contributed by atoms with Crippen LogP contribution in [0, 0.1) is 13.8 Å². The minimum absolute atomic E-state index is 0.0280. The van der Waals surface area contributed by atoms with Crippen LogP contribution < -0.4 is 47.9 Å². The predicted molar refractivity (Wildman–Crippen MR) is 226 cm³/mol. The van der Waals surface area contributed by atoms with Crippen LogP contribution in [0.3, 0.4) is 0 Å². The fourth-order valence-corrected chi connectivity index (χ4v) is 7.78. The van der Waals surface area contributed by atoms with Crippen LogP contribution in [0.1, 0.15) is 66.3 Å². The number of carbonyl (C=O) groups is 3. The summed E-state index contributed by atoms with van der Waals surface area (Å²) < 4.78 is 0. The molecular formula is C38H52N12O3S2. The van der Waals surface area contributed by atoms with Gasteiger partial charge in [0.2, 0.25) is 5.91 Å². The summed E-state index contributed by atoms with van der Waals surface area (Å²) in [4.78, 5) is 54.8. The summed E-state index contributed by atoms with van der Waals surface area (Å²) in [6.07, 6.45) is 11.3. The zero-order valence-electron chi connectivity index (χ0n) is 31.7. The Kier molecular flexibility index (Phi) is 15.1. The van der Waals surface area contributed by atoms with Crippen molar-refractivity contribution in [3.8, 4) is 0 Å². The molecule has 6 rings (SSSR count). The number of carbonyl (C=O) groups excluding carboxylic acids is 3. The molecule has 2 aromatic carbocycles. The van der Waals surface area contributed by atoms with Crippen LogP contribution in [0.5, 0.6) is 0 Å². The van der Waals surface area contributed by atoms with Gasteiger partial charge in [-0.1, -0.05) is 23.5 Å². The van der Waals surface area contributed by atoms with E-state index in [1.54, 1.807) is 12.4 Å². The molecule has 0 saturated carbocycles. The molecule has 55 heavy (non-hydrogen) atoms. The average Bonchev–Trinajstić information content (AvgIpc) is 3.81. The van der Waals surface area contributed by atoms with Gasteiger partial charge in [-0.05, 0) is 87.8 Å². The van der Waals surface area contributed by atoms with Crippen molar-refractivity contribution in [3.63, 3.8) is 0 Å². The lowest BCUT2D eigenvalue weighted by Gasteiger charge is -2.30. The molecule has 2 aromatic heterocycles. The molecule has 0 bridgehead atoms. The Hall–Kier alpha value is -5.42. The van der Waals surface area contributed by atoms with Gasteiger partial charge < -0.3 is 37.2 Å². The van der Waals surface area contributed by atoms with Crippen LogP contribution in [0.2, 0.25) is 0 Å². The van der Waals surface area contributed by atoms with Gasteiger partial charge in [-0.2, -0.15) is 0 Å². The van der Waals surface area contributed by atoms with Crippen molar-refractivity contribution in [2.45, 2.75) is 72.3 Å². The standard InChI is InChI=1S/C20H27N5O2S.C18H25N7OS/c1-14-6-7-17(18(12-14)25-10-4-3-5-11-25)23-19(27)24-20-22-13-16(28-20)8-9-21-15(2)26;1-12-5-6-14(15(9-12)25-7-3-2-4-8-25)23-17(26)24-18-22-11-13(27-18)10-21-16(19)20/h6-7,12-13H,3-5,8-11H2,1-2H3,(H,21,26)(H2,22,23,24,27);5-6,9,11H,2-4,7-8,10H2,1H3,(H4,19,20,21)(H2,22,23,24,26). The van der Waals surface area contributed by atoms with Gasteiger partial charge in [0.1, 0.15) is 0 Å². The highest BCUT2D eigenvalue weighted by Gasteiger charge is 2.18. The van der Waals surface area contributed by atoms with Gasteiger partial charge >= 0.3 is 12.1 Å². The van der Waals surface area contributed by atoms with Crippen LogP contribution in [-0.2, 0) is 17.8 Å². The van der Waals surface area contributed by atoms with E-state index in [-0.39, 0.29) is 23.9 Å². The number of anilines is 6. The first-order chi connectivity index (χ1) is 26.5. The first kappa shape index (κ1) is 40.8. The first-order valence-electron chi connectivity index (χ1n) is 18.6. The SMILES string of the molecule is CC(=O)NCCc1cnc(NC(=O)Nc2ccc(C)cc2N2CCCCC2)s1.Cc1ccc(NC(=O)Nc2ncc(CN=C(N)N)s2)c(N2CCCCC2)c1. The van der Waals surface area contributed by atoms with E-state index in [0.29, 0.717) is 29.8 Å². The van der Waals surface area contributed by atoms with Gasteiger partial charge in [-0.25, -0.2) is 24.5 Å². The van der Waals surface area contributed by atoms with Crippen molar-refractivity contribution in [1.29, 1.82) is 0 Å². The lowest BCUT2D eigenvalue weighted by molar-refractivity contribution is -0.118. The molecule has 15 nitrogen and oxygen atoms in total. The number of nitrogens with zero attached hydrogens (tertiary/aromatic N) is 5. The third-order valence-corrected chi connectivity index (χ3v) is 10.8. The van der Waals surface area contributed by atoms with Crippen molar-refractivity contribution in [3.05, 3.63) is 69.7 Å². The number of thiazole rings is 2. The smallest absolute Gasteiger partial charge is 0.325 e. The molecule has 9 N–H and O–H groups in total. The lowest BCUT2D eigenvalue weighted by Crippen LogP contribution is -2.31. The second-order valence-corrected chi connectivity index (χ2v) is 15.8. The number of guanidine groups is 1. The van der Waals surface area contributed by atoms with Crippen molar-refractivity contribution in [2.75, 3.05) is 63.8 Å². The molecule has 0 radical (unpaired) electrons. The van der Waals surface area contributed by atoms with Crippen molar-refractivity contribution < 1.29 is 14.4 Å². The van der Waals surface area contributed by atoms with Gasteiger partial charge in [0, 0.05) is 68.2 Å². The van der Waals surface area contributed by atoms with E-state index < -0.39 is 0 Å². The number of hydrogen-bond donors (Lipinski definition) is 7. The summed E-state index contributed by atoms with van der Waals surface area (Å²) in [6.45, 7) is 10.6. The number of rotatable bonds is 11. The van der Waals surface area contributed by atoms with Gasteiger partial charge in [0.05, 0.1) is 29.3 Å². The largest absolute Gasteiger partial charge is 0.370 e. The third-order valence-electron chi connectivity index (χ3n) is 8.91. The minimum Gasteiger partial charge on any atom is -0.370 e. The van der Waals surface area contributed by atoms with Gasteiger partial charge in [-0.15, -0.1) is 11.3 Å². The molecule has 294 valence electrons. The quantitative estimate of drug-likeness (QED) is 0.0643. The number of aliphatic imine (C=N–C) groups is 1. The molecule has 2 aliphatic heterocycles. The normalized spacial score (nSPS) is 13.9. The molecule has 2 saturated heterocycles. The van der Waals surface area contributed by atoms with E-state index in [0.717, 1.165) is 58.7 Å². The van der Waals surface area contributed by atoms with Crippen LogP contribution in [0.4, 0.5) is 42.6 Å². The second-order valence-electron chi connectivity index (χ2n) is 13.5. The van der Waals surface area contributed by atoms with E-state index in [9.17, 15) is 14.4 Å². The summed E-state index contributed by atoms with van der Waals surface area (Å²) in [5.41, 5.74) is 16.8. The van der Waals surface area contributed by atoms with Crippen LogP contribution in [0.15, 0.2) is 53.8 Å². The Morgan fingerprint density at radius 2 is 1.18 bits per heavy atom. The summed E-state index contributed by atoms with van der Waals surface area (Å²) in [6, 6.07) is 11.5. The number of hydrogen-bond acceptors (Lipinski definition) is 10. The molecule has 0 aliphatic carbocycles. The van der Waals surface area contributed by atoms with E-state index >= 15 is 0 Å². The van der Waals surface area contributed by atoms with E-state index in [1.807, 2.05) is 24.3 Å². The number of urea groups is 2. The molecule has 0 unspecified atom stereocenters. The number of benzene rings is 2. The molecule has 0 spiro atoms. The van der Waals surface area contributed by atoms with Crippen LogP contribution in [-0.4, -0.2) is 66.6 Å². The molecule has 17 heteroatoms. The molecule has 2 fully saturated rings. The number of aromatic nitrogens is 2. The number of piperidine rings is 2. The van der Waals surface area contributed by atoms with Gasteiger partial charge in [-0.3, -0.25) is 15.4 Å². The lowest BCUT2D eigenvalue weighted by atomic mass is 10.1. The summed E-state index contributed by atoms with van der Waals surface area (Å²) >= 11 is 2.75. The Morgan fingerprint density at radius 1 is 0.709 bits per heavy atom. The van der Waals surface area contributed by atoms with Crippen LogP contribution >= 0.6 is 22.7 Å². The maximum Gasteiger partial charge on any atom is 0.325 e. The predicted octanol–water partition coefficient (Wildman–Crippen LogP) is 6.62. The van der Waals surface area contributed by atoms with Gasteiger partial charge in [0.25, 0.3) is 0 Å². The summed E-state index contributed by atoms with van der Waals surface area (Å²) in [5.74, 6) is -0.0230. The number of nitrogens with one attached hydrogen (secondary N) is 5. The van der Waals surface area contributed by atoms with Crippen molar-refractivity contribution in [1.82, 2.24) is 15.3 Å². The summed E-state index contributed by atoms with van der Waals surface area (Å²) in [5, 5.41) is 15.3. The van der Waals surface area contributed by atoms with Crippen LogP contribution in [0.25, 0.3) is 0 Å². The third kappa shape index (κ3) is 13.1. The highest BCUT2D eigenvalue weighted by atomic mass is 32.1. The Morgan fingerprint density at radius 3 is 1.65 bits per heavy atom. The molecule has 2 aliphatic rings. The first-order valence-corrected chi connectivity index (χ1v) is 20.2. The topological polar surface area (TPSA) is 208 Å². The Balaban J connectivity index is 0.000000211. The summed E-state index contributed by atoms with van der Waals surface area (Å²) in [7, 11) is 0. The fraction of sp³-hybridized carbons (Fsp3) is 0.421. The zero-order chi connectivity index (χ0) is 39.2. The maximum atomic E-state index is 12.5. The Bertz CT molecular complexity index is 1930. The molecule has 0 atom stereocenters. The number of aryl methyl sites for hydroxylation is 2. The molecular weight excluding hydrogens is 737 g/mol.